The number of nitrogen functional groups attached to an aromatic ring is 1. The summed E-state index contributed by atoms with van der Waals surface area (Å²) in [5, 5.41) is 1.36. The Labute approximate surface area is 79.0 Å². The van der Waals surface area contributed by atoms with Crippen LogP contribution in [-0.2, 0) is 0 Å². The molecule has 1 heterocycles. The fourth-order valence-electron chi connectivity index (χ4n) is 1.12. The second kappa shape index (κ2) is 2.61. The van der Waals surface area contributed by atoms with Crippen molar-refractivity contribution in [2.24, 2.45) is 0 Å². The molecule has 0 atom stereocenters. The Bertz CT molecular complexity index is 436. The highest BCUT2D eigenvalue weighted by atomic mass is 35.5. The topological polar surface area (TPSA) is 38.9 Å². The molecule has 0 aliphatic carbocycles. The van der Waals surface area contributed by atoms with E-state index in [0.717, 1.165) is 20.8 Å². The minimum atomic E-state index is 0.593. The number of anilines is 1. The first-order valence-corrected chi connectivity index (χ1v) is 4.69. The number of nitrogens with two attached hydrogens (primary N) is 1. The van der Waals surface area contributed by atoms with Crippen molar-refractivity contribution in [2.75, 3.05) is 5.73 Å². The third-order valence-corrected chi connectivity index (χ3v) is 3.19. The number of halogens is 1. The summed E-state index contributed by atoms with van der Waals surface area (Å²) in [5.41, 5.74) is 7.56. The third-order valence-electron chi connectivity index (χ3n) is 1.76. The average Bonchev–Trinajstić information content (AvgIpc) is 2.39. The van der Waals surface area contributed by atoms with Crippen molar-refractivity contribution in [3.63, 3.8) is 0 Å². The van der Waals surface area contributed by atoms with Gasteiger partial charge in [0.15, 0.2) is 5.13 Å². The van der Waals surface area contributed by atoms with Crippen LogP contribution in [0.3, 0.4) is 0 Å². The van der Waals surface area contributed by atoms with Gasteiger partial charge in [-0.3, -0.25) is 0 Å². The van der Waals surface area contributed by atoms with Crippen LogP contribution < -0.4 is 5.73 Å². The van der Waals surface area contributed by atoms with Crippen molar-refractivity contribution in [2.45, 2.75) is 6.92 Å². The summed E-state index contributed by atoms with van der Waals surface area (Å²) in [7, 11) is 0. The Hall–Kier alpha value is -0.800. The van der Waals surface area contributed by atoms with Gasteiger partial charge in [0.2, 0.25) is 0 Å². The van der Waals surface area contributed by atoms with Crippen molar-refractivity contribution in [3.8, 4) is 0 Å². The van der Waals surface area contributed by atoms with Gasteiger partial charge in [-0.05, 0) is 24.6 Å². The van der Waals surface area contributed by atoms with Gasteiger partial charge in [-0.15, -0.1) is 0 Å². The molecule has 0 saturated heterocycles. The van der Waals surface area contributed by atoms with Crippen LogP contribution in [0.5, 0.6) is 0 Å². The summed E-state index contributed by atoms with van der Waals surface area (Å²) in [5.74, 6) is 0. The minimum Gasteiger partial charge on any atom is -0.375 e. The van der Waals surface area contributed by atoms with E-state index in [9.17, 15) is 0 Å². The molecule has 0 radical (unpaired) electrons. The first kappa shape index (κ1) is 7.83. The number of aromatic nitrogens is 1. The Kier molecular flexibility index (Phi) is 1.70. The molecular formula is C8H7ClN2S. The van der Waals surface area contributed by atoms with E-state index in [1.807, 2.05) is 19.1 Å². The molecule has 2 nitrogen and oxygen atoms in total. The molecule has 0 aliphatic rings. The molecule has 0 aliphatic heterocycles. The van der Waals surface area contributed by atoms with Crippen LogP contribution in [0.15, 0.2) is 12.1 Å². The zero-order valence-corrected chi connectivity index (χ0v) is 8.04. The molecule has 0 amide bonds. The molecule has 0 fully saturated rings. The molecular weight excluding hydrogens is 192 g/mol. The number of nitrogens with zero attached hydrogens (tertiary/aromatic N) is 1. The normalized spacial score (nSPS) is 10.8. The lowest BCUT2D eigenvalue weighted by molar-refractivity contribution is 1.47. The van der Waals surface area contributed by atoms with E-state index in [0.29, 0.717) is 5.13 Å². The predicted octanol–water partition coefficient (Wildman–Crippen LogP) is 2.84. The number of hydrogen-bond acceptors (Lipinski definition) is 3. The van der Waals surface area contributed by atoms with Crippen LogP contribution in [0.4, 0.5) is 5.13 Å². The van der Waals surface area contributed by atoms with Gasteiger partial charge in [0, 0.05) is 5.02 Å². The Morgan fingerprint density at radius 1 is 1.50 bits per heavy atom. The van der Waals surface area contributed by atoms with Crippen LogP contribution in [0.25, 0.3) is 10.2 Å². The van der Waals surface area contributed by atoms with E-state index in [1.54, 1.807) is 0 Å². The van der Waals surface area contributed by atoms with Gasteiger partial charge in [-0.25, -0.2) is 4.98 Å². The van der Waals surface area contributed by atoms with Crippen LogP contribution in [-0.4, -0.2) is 4.98 Å². The fraction of sp³-hybridized carbons (Fsp3) is 0.125. The molecule has 2 rings (SSSR count). The molecule has 2 N–H and O–H groups in total. The van der Waals surface area contributed by atoms with Crippen LogP contribution in [0, 0.1) is 6.92 Å². The number of hydrogen-bond donors (Lipinski definition) is 1. The molecule has 12 heavy (non-hydrogen) atoms. The largest absolute Gasteiger partial charge is 0.375 e. The number of thiazole rings is 1. The van der Waals surface area contributed by atoms with Gasteiger partial charge < -0.3 is 5.73 Å². The van der Waals surface area contributed by atoms with Gasteiger partial charge in [0.1, 0.15) is 0 Å². The van der Waals surface area contributed by atoms with E-state index in [2.05, 4.69) is 4.98 Å². The zero-order valence-electron chi connectivity index (χ0n) is 6.47. The molecule has 62 valence electrons. The van der Waals surface area contributed by atoms with Crippen molar-refractivity contribution < 1.29 is 0 Å². The summed E-state index contributed by atoms with van der Waals surface area (Å²) in [6.45, 7) is 1.97. The lowest BCUT2D eigenvalue weighted by Gasteiger charge is -1.95. The van der Waals surface area contributed by atoms with Crippen molar-refractivity contribution in [3.05, 3.63) is 22.7 Å². The van der Waals surface area contributed by atoms with E-state index < -0.39 is 0 Å². The molecule has 0 bridgehead atoms. The van der Waals surface area contributed by atoms with Crippen molar-refractivity contribution in [1.82, 2.24) is 4.98 Å². The Morgan fingerprint density at radius 3 is 3.00 bits per heavy atom. The SMILES string of the molecule is Cc1c(Cl)ccc2nc(N)sc12. The molecule has 2 aromatic rings. The lowest BCUT2D eigenvalue weighted by atomic mass is 10.2. The monoisotopic (exact) mass is 198 g/mol. The molecule has 4 heteroatoms. The molecule has 1 aromatic carbocycles. The molecule has 0 saturated carbocycles. The Balaban J connectivity index is 2.89. The van der Waals surface area contributed by atoms with Gasteiger partial charge in [-0.2, -0.15) is 0 Å². The van der Waals surface area contributed by atoms with Gasteiger partial charge in [0.25, 0.3) is 0 Å². The summed E-state index contributed by atoms with van der Waals surface area (Å²) in [6.07, 6.45) is 0. The average molecular weight is 199 g/mol. The zero-order chi connectivity index (χ0) is 8.72. The summed E-state index contributed by atoms with van der Waals surface area (Å²) in [4.78, 5) is 4.15. The number of aryl methyl sites for hydroxylation is 1. The van der Waals surface area contributed by atoms with E-state index >= 15 is 0 Å². The van der Waals surface area contributed by atoms with Gasteiger partial charge in [-0.1, -0.05) is 22.9 Å². The predicted molar refractivity (Wildman–Crippen MR) is 53.8 cm³/mol. The quantitative estimate of drug-likeness (QED) is 0.707. The van der Waals surface area contributed by atoms with E-state index in [1.165, 1.54) is 11.3 Å². The minimum absolute atomic E-state index is 0.593. The maximum Gasteiger partial charge on any atom is 0.181 e. The number of benzene rings is 1. The summed E-state index contributed by atoms with van der Waals surface area (Å²) >= 11 is 7.41. The number of fused-ring (bicyclic) bond motifs is 1. The Morgan fingerprint density at radius 2 is 2.25 bits per heavy atom. The van der Waals surface area contributed by atoms with Gasteiger partial charge in [0.05, 0.1) is 10.2 Å². The van der Waals surface area contributed by atoms with Crippen molar-refractivity contribution in [1.29, 1.82) is 0 Å². The second-order valence-electron chi connectivity index (χ2n) is 2.57. The summed E-state index contributed by atoms with van der Waals surface area (Å²) < 4.78 is 1.08. The standard InChI is InChI=1S/C8H7ClN2S/c1-4-5(9)2-3-6-7(4)12-8(10)11-6/h2-3H,1H3,(H2,10,11). The molecule has 1 aromatic heterocycles. The van der Waals surface area contributed by atoms with Gasteiger partial charge >= 0.3 is 0 Å². The first-order valence-electron chi connectivity index (χ1n) is 3.49. The third kappa shape index (κ3) is 1.06. The maximum absolute atomic E-state index is 5.93. The van der Waals surface area contributed by atoms with E-state index in [-0.39, 0.29) is 0 Å². The van der Waals surface area contributed by atoms with Crippen LogP contribution in [0.2, 0.25) is 5.02 Å². The highest BCUT2D eigenvalue weighted by Gasteiger charge is 2.05. The van der Waals surface area contributed by atoms with Crippen LogP contribution in [0.1, 0.15) is 5.56 Å². The fourth-order valence-corrected chi connectivity index (χ4v) is 2.16. The molecule has 0 spiro atoms. The van der Waals surface area contributed by atoms with E-state index in [4.69, 9.17) is 17.3 Å². The second-order valence-corrected chi connectivity index (χ2v) is 4.01. The highest BCUT2D eigenvalue weighted by molar-refractivity contribution is 7.22. The van der Waals surface area contributed by atoms with Crippen LogP contribution >= 0.6 is 22.9 Å². The smallest absolute Gasteiger partial charge is 0.181 e. The number of rotatable bonds is 0. The molecule has 0 unspecified atom stereocenters. The lowest BCUT2D eigenvalue weighted by Crippen LogP contribution is -1.79. The first-order chi connectivity index (χ1) is 5.68. The summed E-state index contributed by atoms with van der Waals surface area (Å²) in [6, 6.07) is 3.73. The van der Waals surface area contributed by atoms with Crippen molar-refractivity contribution >= 4 is 38.3 Å². The maximum atomic E-state index is 5.93. The highest BCUT2D eigenvalue weighted by Crippen LogP contribution is 2.30.